The van der Waals surface area contributed by atoms with Crippen LogP contribution < -0.4 is 31.9 Å². The standard InChI is InChI=1S/C29H49N9O12/c1-4-25(43)37(49)13-7-9-19-27(45)32-16-23(41)30-15-22(40)31-17-24(42)33-20(10-6-12-36(48)18(3)39)28(46)35-21(29(47)34-19)11-8-14-38(50)26(44)5-2/h19-21,48-50H,4-17H2,1-3H3,(H,30,41)(H,31,40)(H,32,45)(H,33,42)(H,34,47)(H,35,46). The van der Waals surface area contributed by atoms with Crippen molar-refractivity contribution in [3.8, 4) is 0 Å². The van der Waals surface area contributed by atoms with E-state index in [1.807, 2.05) is 0 Å². The van der Waals surface area contributed by atoms with Crippen molar-refractivity contribution in [2.45, 2.75) is 90.3 Å². The number of nitrogens with zero attached hydrogens (tertiary/aromatic N) is 3. The summed E-state index contributed by atoms with van der Waals surface area (Å²) in [5, 5.41) is 45.2. The predicted octanol–water partition coefficient (Wildman–Crippen LogP) is -3.36. The van der Waals surface area contributed by atoms with Crippen molar-refractivity contribution >= 4 is 53.2 Å². The fourth-order valence-electron chi connectivity index (χ4n) is 4.48. The van der Waals surface area contributed by atoms with Crippen LogP contribution in [0.4, 0.5) is 0 Å². The number of rotatable bonds is 14. The predicted molar refractivity (Wildman–Crippen MR) is 169 cm³/mol. The average molecular weight is 716 g/mol. The van der Waals surface area contributed by atoms with Crippen LogP contribution in [-0.2, 0) is 43.2 Å². The van der Waals surface area contributed by atoms with Crippen molar-refractivity contribution in [1.29, 1.82) is 0 Å². The molecule has 1 aliphatic heterocycles. The second-order valence-corrected chi connectivity index (χ2v) is 11.3. The van der Waals surface area contributed by atoms with Gasteiger partial charge in [-0.15, -0.1) is 0 Å². The Morgan fingerprint density at radius 2 is 0.920 bits per heavy atom. The molecule has 0 aliphatic carbocycles. The van der Waals surface area contributed by atoms with E-state index in [0.717, 1.165) is 6.92 Å². The molecule has 0 aromatic carbocycles. The Kier molecular flexibility index (Phi) is 19.6. The van der Waals surface area contributed by atoms with Crippen molar-refractivity contribution in [2.24, 2.45) is 0 Å². The largest absolute Gasteiger partial charge is 0.346 e. The topological polar surface area (TPSA) is 296 Å². The first-order valence-electron chi connectivity index (χ1n) is 16.3. The first kappa shape index (κ1) is 43.1. The molecule has 1 saturated heterocycles. The normalized spacial score (nSPS) is 19.7. The highest BCUT2D eigenvalue weighted by molar-refractivity contribution is 5.96. The molecule has 0 bridgehead atoms. The van der Waals surface area contributed by atoms with Crippen LogP contribution in [-0.4, -0.2) is 141 Å². The maximum atomic E-state index is 13.6. The van der Waals surface area contributed by atoms with Gasteiger partial charge in [0.2, 0.25) is 53.2 Å². The van der Waals surface area contributed by atoms with E-state index in [0.29, 0.717) is 15.2 Å². The lowest BCUT2D eigenvalue weighted by Gasteiger charge is -2.26. The van der Waals surface area contributed by atoms with Gasteiger partial charge in [-0.25, -0.2) is 15.2 Å². The Hall–Kier alpha value is -4.89. The number of hydrogen-bond acceptors (Lipinski definition) is 12. The van der Waals surface area contributed by atoms with Crippen LogP contribution in [0.3, 0.4) is 0 Å². The summed E-state index contributed by atoms with van der Waals surface area (Å²) in [6, 6.07) is -4.11. The minimum absolute atomic E-state index is 0.00217. The molecule has 21 heteroatoms. The zero-order valence-electron chi connectivity index (χ0n) is 28.5. The van der Waals surface area contributed by atoms with E-state index in [9.17, 15) is 58.8 Å². The van der Waals surface area contributed by atoms with Gasteiger partial charge in [-0.2, -0.15) is 0 Å². The van der Waals surface area contributed by atoms with Gasteiger partial charge in [0.1, 0.15) is 18.1 Å². The van der Waals surface area contributed by atoms with Gasteiger partial charge in [-0.05, 0) is 38.5 Å². The van der Waals surface area contributed by atoms with Gasteiger partial charge in [0, 0.05) is 39.4 Å². The number of nitrogens with one attached hydrogen (secondary N) is 6. The van der Waals surface area contributed by atoms with Crippen LogP contribution in [0, 0.1) is 0 Å². The van der Waals surface area contributed by atoms with E-state index >= 15 is 0 Å². The Morgan fingerprint density at radius 3 is 1.34 bits per heavy atom. The fourth-order valence-corrected chi connectivity index (χ4v) is 4.48. The molecule has 0 aromatic heterocycles. The van der Waals surface area contributed by atoms with E-state index in [1.165, 1.54) is 13.8 Å². The summed E-state index contributed by atoms with van der Waals surface area (Å²) in [6.45, 7) is 1.78. The molecule has 0 radical (unpaired) electrons. The molecule has 1 heterocycles. The summed E-state index contributed by atoms with van der Waals surface area (Å²) in [6.07, 6.45) is -0.450. The lowest BCUT2D eigenvalue weighted by atomic mass is 10.1. The third-order valence-electron chi connectivity index (χ3n) is 7.37. The van der Waals surface area contributed by atoms with Crippen LogP contribution in [0.5, 0.6) is 0 Å². The van der Waals surface area contributed by atoms with E-state index in [4.69, 9.17) is 0 Å². The van der Waals surface area contributed by atoms with Gasteiger partial charge in [0.15, 0.2) is 0 Å². The van der Waals surface area contributed by atoms with Crippen LogP contribution in [0.1, 0.15) is 72.1 Å². The molecule has 1 rings (SSSR count). The maximum absolute atomic E-state index is 13.6. The average Bonchev–Trinajstić information content (AvgIpc) is 3.08. The molecule has 0 saturated carbocycles. The first-order chi connectivity index (χ1) is 23.6. The number of carbonyl (C=O) groups excluding carboxylic acids is 9. The molecular weight excluding hydrogens is 666 g/mol. The van der Waals surface area contributed by atoms with Gasteiger partial charge in [-0.1, -0.05) is 13.8 Å². The summed E-state index contributed by atoms with van der Waals surface area (Å²) < 4.78 is 0. The van der Waals surface area contributed by atoms with Gasteiger partial charge in [0.25, 0.3) is 0 Å². The summed E-state index contributed by atoms with van der Waals surface area (Å²) in [5.41, 5.74) is 0. The minimum atomic E-state index is -1.41. The van der Waals surface area contributed by atoms with Crippen LogP contribution in [0.25, 0.3) is 0 Å². The van der Waals surface area contributed by atoms with Crippen molar-refractivity contribution in [1.82, 2.24) is 47.1 Å². The molecular formula is C29H49N9O12. The Labute approximate surface area is 288 Å². The molecule has 0 aromatic rings. The maximum Gasteiger partial charge on any atom is 0.245 e. The van der Waals surface area contributed by atoms with Crippen molar-refractivity contribution < 1.29 is 58.8 Å². The van der Waals surface area contributed by atoms with E-state index in [-0.39, 0.29) is 71.0 Å². The zero-order valence-corrected chi connectivity index (χ0v) is 28.5. The number of amides is 9. The Morgan fingerprint density at radius 1 is 0.560 bits per heavy atom. The molecule has 1 aliphatic rings. The highest BCUT2D eigenvalue weighted by Gasteiger charge is 2.30. The molecule has 9 N–H and O–H groups in total. The summed E-state index contributed by atoms with van der Waals surface area (Å²) in [4.78, 5) is 112. The first-order valence-corrected chi connectivity index (χ1v) is 16.3. The number of hydroxylamine groups is 6. The highest BCUT2D eigenvalue weighted by Crippen LogP contribution is 2.08. The summed E-state index contributed by atoms with van der Waals surface area (Å²) >= 11 is 0. The highest BCUT2D eigenvalue weighted by atomic mass is 16.5. The molecule has 282 valence electrons. The zero-order chi connectivity index (χ0) is 37.8. The third kappa shape index (κ3) is 16.5. The van der Waals surface area contributed by atoms with Gasteiger partial charge < -0.3 is 31.9 Å². The van der Waals surface area contributed by atoms with Gasteiger partial charge in [0.05, 0.1) is 19.6 Å². The summed E-state index contributed by atoms with van der Waals surface area (Å²) in [7, 11) is 0. The van der Waals surface area contributed by atoms with Crippen LogP contribution in [0.2, 0.25) is 0 Å². The fraction of sp³-hybridized carbons (Fsp3) is 0.690. The lowest BCUT2D eigenvalue weighted by Crippen LogP contribution is -2.58. The van der Waals surface area contributed by atoms with E-state index in [1.54, 1.807) is 0 Å². The summed E-state index contributed by atoms with van der Waals surface area (Å²) in [5.74, 6) is -6.82. The Balaban J connectivity index is 3.38. The van der Waals surface area contributed by atoms with E-state index in [2.05, 4.69) is 31.9 Å². The number of hydrogen-bond donors (Lipinski definition) is 9. The second kappa shape index (κ2) is 22.7. The molecule has 3 unspecified atom stereocenters. The molecule has 3 atom stereocenters. The smallest absolute Gasteiger partial charge is 0.245 e. The molecule has 0 spiro atoms. The van der Waals surface area contributed by atoms with Crippen molar-refractivity contribution in [3.63, 3.8) is 0 Å². The molecule has 9 amide bonds. The van der Waals surface area contributed by atoms with Crippen LogP contribution in [0.15, 0.2) is 0 Å². The molecule has 1 fully saturated rings. The Bertz CT molecular complexity index is 1230. The SMILES string of the molecule is CCC(=O)N(O)CCCC1NC(=O)C(CCCN(O)C(=O)CC)NC(=O)C(CCCN(O)C(C)=O)NC(=O)CNC(=O)CNC(=O)CNC1=O. The number of carbonyl (C=O) groups is 9. The lowest BCUT2D eigenvalue weighted by molar-refractivity contribution is -0.165. The van der Waals surface area contributed by atoms with Gasteiger partial charge >= 0.3 is 0 Å². The van der Waals surface area contributed by atoms with Crippen molar-refractivity contribution in [3.05, 3.63) is 0 Å². The minimum Gasteiger partial charge on any atom is -0.346 e. The third-order valence-corrected chi connectivity index (χ3v) is 7.37. The van der Waals surface area contributed by atoms with Crippen LogP contribution >= 0.6 is 0 Å². The van der Waals surface area contributed by atoms with E-state index < -0.39 is 90.9 Å². The van der Waals surface area contributed by atoms with Gasteiger partial charge in [-0.3, -0.25) is 58.8 Å². The molecule has 21 nitrogen and oxygen atoms in total. The quantitative estimate of drug-likeness (QED) is 0.0630. The molecule has 50 heavy (non-hydrogen) atoms. The van der Waals surface area contributed by atoms with Crippen molar-refractivity contribution in [2.75, 3.05) is 39.3 Å². The monoisotopic (exact) mass is 715 g/mol. The second-order valence-electron chi connectivity index (χ2n) is 11.3.